The Labute approximate surface area is 104 Å². The molecule has 1 N–H and O–H groups in total. The smallest absolute Gasteiger partial charge is 0.406 e. The van der Waals surface area contributed by atoms with Crippen molar-refractivity contribution >= 4 is 5.71 Å². The van der Waals surface area contributed by atoms with Crippen LogP contribution < -0.4 is 10.1 Å². The lowest BCUT2D eigenvalue weighted by Gasteiger charge is -2.11. The van der Waals surface area contributed by atoms with E-state index >= 15 is 0 Å². The highest BCUT2D eigenvalue weighted by atomic mass is 19.4. The van der Waals surface area contributed by atoms with Gasteiger partial charge in [-0.1, -0.05) is 12.1 Å². The maximum absolute atomic E-state index is 12.1. The minimum absolute atomic E-state index is 0.0998. The predicted molar refractivity (Wildman–Crippen MR) is 63.9 cm³/mol. The maximum Gasteiger partial charge on any atom is 0.573 e. The summed E-state index contributed by atoms with van der Waals surface area (Å²) in [6.07, 6.45) is -4.78. The lowest BCUT2D eigenvalue weighted by Crippen LogP contribution is -2.20. The molecule has 0 saturated heterocycles. The Hall–Kier alpha value is -1.56. The van der Waals surface area contributed by atoms with E-state index in [1.807, 2.05) is 6.92 Å². The highest BCUT2D eigenvalue weighted by Gasteiger charge is 2.31. The van der Waals surface area contributed by atoms with Gasteiger partial charge in [-0.2, -0.15) is 0 Å². The number of alkyl halides is 3. The number of nitrogens with zero attached hydrogens (tertiary/aromatic N) is 1. The maximum atomic E-state index is 12.1. The Morgan fingerprint density at radius 2 is 2.06 bits per heavy atom. The third-order valence-corrected chi connectivity index (χ3v) is 2.29. The summed E-state index contributed by atoms with van der Waals surface area (Å²) < 4.78 is 40.1. The SMILES string of the molecule is CNC(C)/N=C(\C)c1cccc(OC(F)(F)F)c1. The van der Waals surface area contributed by atoms with E-state index in [0.29, 0.717) is 11.3 Å². The van der Waals surface area contributed by atoms with Crippen LogP contribution in [-0.2, 0) is 0 Å². The first-order chi connectivity index (χ1) is 8.31. The van der Waals surface area contributed by atoms with E-state index in [2.05, 4.69) is 15.0 Å². The van der Waals surface area contributed by atoms with Gasteiger partial charge in [0.2, 0.25) is 0 Å². The zero-order chi connectivity index (χ0) is 13.8. The van der Waals surface area contributed by atoms with Gasteiger partial charge in [-0.05, 0) is 38.6 Å². The van der Waals surface area contributed by atoms with Gasteiger partial charge in [0.1, 0.15) is 5.75 Å². The molecule has 0 aliphatic carbocycles. The molecule has 0 fully saturated rings. The molecule has 0 heterocycles. The molecule has 0 bridgehead atoms. The fraction of sp³-hybridized carbons (Fsp3) is 0.417. The molecule has 18 heavy (non-hydrogen) atoms. The molecule has 0 radical (unpaired) electrons. The summed E-state index contributed by atoms with van der Waals surface area (Å²) in [6.45, 7) is 3.58. The average molecular weight is 260 g/mol. The number of ether oxygens (including phenoxy) is 1. The van der Waals surface area contributed by atoms with Crippen LogP contribution in [0.2, 0.25) is 0 Å². The summed E-state index contributed by atoms with van der Waals surface area (Å²) in [6, 6.07) is 5.75. The van der Waals surface area contributed by atoms with Crippen molar-refractivity contribution in [2.75, 3.05) is 7.05 Å². The van der Waals surface area contributed by atoms with Crippen molar-refractivity contribution in [1.29, 1.82) is 0 Å². The van der Waals surface area contributed by atoms with Gasteiger partial charge in [-0.25, -0.2) is 0 Å². The molecule has 0 saturated carbocycles. The summed E-state index contributed by atoms with van der Waals surface area (Å²) >= 11 is 0. The molecule has 1 rings (SSSR count). The number of hydrogen-bond donors (Lipinski definition) is 1. The first-order valence-electron chi connectivity index (χ1n) is 5.39. The van der Waals surface area contributed by atoms with E-state index < -0.39 is 6.36 Å². The van der Waals surface area contributed by atoms with Gasteiger partial charge in [-0.15, -0.1) is 13.2 Å². The Kier molecular flexibility index (Phi) is 4.72. The number of benzene rings is 1. The molecule has 3 nitrogen and oxygen atoms in total. The fourth-order valence-corrected chi connectivity index (χ4v) is 1.35. The average Bonchev–Trinajstić information content (AvgIpc) is 2.26. The lowest BCUT2D eigenvalue weighted by molar-refractivity contribution is -0.274. The summed E-state index contributed by atoms with van der Waals surface area (Å²) in [5.74, 6) is -0.244. The van der Waals surface area contributed by atoms with Crippen molar-refractivity contribution in [3.05, 3.63) is 29.8 Å². The van der Waals surface area contributed by atoms with Crippen LogP contribution >= 0.6 is 0 Å². The summed E-state index contributed by atoms with van der Waals surface area (Å²) in [5.41, 5.74) is 1.24. The summed E-state index contributed by atoms with van der Waals surface area (Å²) in [7, 11) is 1.75. The Bertz CT molecular complexity index is 430. The van der Waals surface area contributed by atoms with Gasteiger partial charge >= 0.3 is 6.36 Å². The number of nitrogens with one attached hydrogen (secondary N) is 1. The quantitative estimate of drug-likeness (QED) is 0.844. The Balaban J connectivity index is 2.91. The van der Waals surface area contributed by atoms with Gasteiger partial charge in [-0.3, -0.25) is 10.3 Å². The van der Waals surface area contributed by atoms with E-state index in [9.17, 15) is 13.2 Å². The van der Waals surface area contributed by atoms with Crippen LogP contribution in [0.5, 0.6) is 5.75 Å². The van der Waals surface area contributed by atoms with Crippen LogP contribution in [0.3, 0.4) is 0 Å². The highest BCUT2D eigenvalue weighted by Crippen LogP contribution is 2.23. The van der Waals surface area contributed by atoms with E-state index in [0.717, 1.165) is 0 Å². The standard InChI is InChI=1S/C12H15F3N2O/c1-8(17-9(2)16-3)10-5-4-6-11(7-10)18-12(13,14)15/h4-7,9,16H,1-3H3/b17-8+. The zero-order valence-corrected chi connectivity index (χ0v) is 10.4. The molecule has 100 valence electrons. The minimum Gasteiger partial charge on any atom is -0.406 e. The van der Waals surface area contributed by atoms with Gasteiger partial charge in [0, 0.05) is 5.71 Å². The molecule has 1 aromatic carbocycles. The predicted octanol–water partition coefficient (Wildman–Crippen LogP) is 2.96. The Morgan fingerprint density at radius 1 is 1.39 bits per heavy atom. The normalized spacial score (nSPS) is 14.4. The molecule has 6 heteroatoms. The molecule has 0 aliphatic rings. The van der Waals surface area contributed by atoms with Crippen molar-refractivity contribution < 1.29 is 17.9 Å². The molecule has 1 unspecified atom stereocenters. The first kappa shape index (κ1) is 14.5. The van der Waals surface area contributed by atoms with Crippen LogP contribution in [-0.4, -0.2) is 25.3 Å². The van der Waals surface area contributed by atoms with Gasteiger partial charge in [0.15, 0.2) is 0 Å². The summed E-state index contributed by atoms with van der Waals surface area (Å²) in [5, 5.41) is 2.92. The van der Waals surface area contributed by atoms with E-state index in [1.165, 1.54) is 18.2 Å². The molecule has 1 atom stereocenters. The molecule has 0 spiro atoms. The monoisotopic (exact) mass is 260 g/mol. The largest absolute Gasteiger partial charge is 0.573 e. The number of rotatable bonds is 4. The van der Waals surface area contributed by atoms with Crippen LogP contribution in [0.25, 0.3) is 0 Å². The molecular weight excluding hydrogens is 245 g/mol. The topological polar surface area (TPSA) is 33.6 Å². The lowest BCUT2D eigenvalue weighted by atomic mass is 10.1. The van der Waals surface area contributed by atoms with Crippen LogP contribution in [0, 0.1) is 0 Å². The fourth-order valence-electron chi connectivity index (χ4n) is 1.35. The highest BCUT2D eigenvalue weighted by molar-refractivity contribution is 5.99. The summed E-state index contributed by atoms with van der Waals surface area (Å²) in [4.78, 5) is 4.27. The molecule has 0 amide bonds. The molecular formula is C12H15F3N2O. The van der Waals surface area contributed by atoms with Gasteiger partial charge < -0.3 is 4.74 Å². The Morgan fingerprint density at radius 3 is 2.61 bits per heavy atom. The van der Waals surface area contributed by atoms with Crippen LogP contribution in [0.1, 0.15) is 19.4 Å². The van der Waals surface area contributed by atoms with Crippen molar-refractivity contribution in [2.45, 2.75) is 26.4 Å². The van der Waals surface area contributed by atoms with Crippen molar-refractivity contribution in [2.24, 2.45) is 4.99 Å². The van der Waals surface area contributed by atoms with Crippen LogP contribution in [0.4, 0.5) is 13.2 Å². The van der Waals surface area contributed by atoms with E-state index in [4.69, 9.17) is 0 Å². The number of hydrogen-bond acceptors (Lipinski definition) is 3. The van der Waals surface area contributed by atoms with Gasteiger partial charge in [0.25, 0.3) is 0 Å². The van der Waals surface area contributed by atoms with Gasteiger partial charge in [0.05, 0.1) is 6.17 Å². The molecule has 0 aliphatic heterocycles. The number of aliphatic imine (C=N–C) groups is 1. The second kappa shape index (κ2) is 5.86. The molecule has 1 aromatic rings. The number of halogens is 3. The zero-order valence-electron chi connectivity index (χ0n) is 10.4. The van der Waals surface area contributed by atoms with E-state index in [1.54, 1.807) is 20.0 Å². The second-order valence-electron chi connectivity index (χ2n) is 3.75. The van der Waals surface area contributed by atoms with Crippen molar-refractivity contribution in [3.8, 4) is 5.75 Å². The minimum atomic E-state index is -4.68. The van der Waals surface area contributed by atoms with E-state index in [-0.39, 0.29) is 11.9 Å². The van der Waals surface area contributed by atoms with Crippen molar-refractivity contribution in [3.63, 3.8) is 0 Å². The first-order valence-corrected chi connectivity index (χ1v) is 5.39. The third-order valence-electron chi connectivity index (χ3n) is 2.29. The van der Waals surface area contributed by atoms with Crippen molar-refractivity contribution in [1.82, 2.24) is 5.32 Å². The van der Waals surface area contributed by atoms with Crippen LogP contribution in [0.15, 0.2) is 29.3 Å². The molecule has 0 aromatic heterocycles. The third kappa shape index (κ3) is 4.75. The second-order valence-corrected chi connectivity index (χ2v) is 3.75.